The Hall–Kier alpha value is -3.78. The molecule has 2 amide bonds. The summed E-state index contributed by atoms with van der Waals surface area (Å²) in [5.41, 5.74) is 2.15. The van der Waals surface area contributed by atoms with Crippen LogP contribution in [0.4, 0.5) is 5.69 Å². The molecule has 1 spiro atoms. The van der Waals surface area contributed by atoms with Crippen LogP contribution in [-0.2, 0) is 20.7 Å². The van der Waals surface area contributed by atoms with Crippen molar-refractivity contribution < 1.29 is 23.8 Å². The molecule has 2 aromatic carbocycles. The van der Waals surface area contributed by atoms with E-state index in [0.29, 0.717) is 43.5 Å². The largest absolute Gasteiger partial charge is 0.486 e. The van der Waals surface area contributed by atoms with Crippen LogP contribution in [0.5, 0.6) is 11.5 Å². The summed E-state index contributed by atoms with van der Waals surface area (Å²) in [5, 5.41) is 4.15. The molecule has 2 fully saturated rings. The number of hydrogen-bond donors (Lipinski definition) is 2. The smallest absolute Gasteiger partial charge is 0.231 e. The number of rotatable bonds is 5. The summed E-state index contributed by atoms with van der Waals surface area (Å²) >= 11 is 0. The maximum atomic E-state index is 13.5. The molecule has 0 radical (unpaired) electrons. The molecule has 8 heteroatoms. The van der Waals surface area contributed by atoms with Crippen molar-refractivity contribution >= 4 is 28.4 Å². The minimum Gasteiger partial charge on any atom is -0.486 e. The van der Waals surface area contributed by atoms with Gasteiger partial charge in [0, 0.05) is 35.4 Å². The Labute approximate surface area is 201 Å². The lowest BCUT2D eigenvalue weighted by Gasteiger charge is -2.24. The van der Waals surface area contributed by atoms with Crippen molar-refractivity contribution in [1.82, 2.24) is 9.88 Å². The zero-order valence-corrected chi connectivity index (χ0v) is 19.0. The van der Waals surface area contributed by atoms with Gasteiger partial charge in [-0.15, -0.1) is 0 Å². The van der Waals surface area contributed by atoms with Crippen molar-refractivity contribution in [3.05, 3.63) is 66.4 Å². The van der Waals surface area contributed by atoms with Crippen LogP contribution in [0.15, 0.2) is 60.8 Å². The van der Waals surface area contributed by atoms with E-state index in [2.05, 4.69) is 16.4 Å². The molecule has 3 aromatic rings. The molecular formula is C27H25N3O5. The third-order valence-corrected chi connectivity index (χ3v) is 7.62. The monoisotopic (exact) mass is 471 g/mol. The van der Waals surface area contributed by atoms with Gasteiger partial charge in [0.2, 0.25) is 11.8 Å². The molecule has 0 unspecified atom stereocenters. The Bertz CT molecular complexity index is 1380. The highest BCUT2D eigenvalue weighted by molar-refractivity contribution is 5.99. The van der Waals surface area contributed by atoms with Crippen LogP contribution in [0.25, 0.3) is 10.9 Å². The quantitative estimate of drug-likeness (QED) is 0.559. The maximum absolute atomic E-state index is 13.5. The first-order chi connectivity index (χ1) is 17.1. The highest BCUT2D eigenvalue weighted by Crippen LogP contribution is 2.52. The van der Waals surface area contributed by atoms with Gasteiger partial charge in [-0.05, 0) is 30.2 Å². The molecule has 1 aromatic heterocycles. The van der Waals surface area contributed by atoms with Crippen LogP contribution in [0, 0.1) is 11.8 Å². The van der Waals surface area contributed by atoms with E-state index in [1.807, 2.05) is 41.4 Å². The summed E-state index contributed by atoms with van der Waals surface area (Å²) in [7, 11) is 0. The summed E-state index contributed by atoms with van der Waals surface area (Å²) in [6.07, 6.45) is 6.27. The van der Waals surface area contributed by atoms with Crippen molar-refractivity contribution in [3.8, 4) is 11.5 Å². The summed E-state index contributed by atoms with van der Waals surface area (Å²) in [6.45, 7) is 2.03. The predicted molar refractivity (Wildman–Crippen MR) is 128 cm³/mol. The van der Waals surface area contributed by atoms with Crippen LogP contribution in [-0.4, -0.2) is 59.7 Å². The highest BCUT2D eigenvalue weighted by Gasteiger charge is 2.66. The predicted octanol–water partition coefficient (Wildman–Crippen LogP) is 2.90. The minimum absolute atomic E-state index is 0.0148. The lowest BCUT2D eigenvalue weighted by Crippen LogP contribution is -2.41. The number of carbonyl (C=O) groups is 2. The summed E-state index contributed by atoms with van der Waals surface area (Å²) in [5.74, 6) is -0.0450. The number of ether oxygens (including phenoxy) is 3. The van der Waals surface area contributed by atoms with Gasteiger partial charge in [0.25, 0.3) is 0 Å². The van der Waals surface area contributed by atoms with Gasteiger partial charge in [-0.25, -0.2) is 0 Å². The van der Waals surface area contributed by atoms with Gasteiger partial charge in [0.05, 0.1) is 24.5 Å². The van der Waals surface area contributed by atoms with Crippen LogP contribution in [0.1, 0.15) is 5.56 Å². The van der Waals surface area contributed by atoms with Gasteiger partial charge in [-0.3, -0.25) is 9.59 Å². The lowest BCUT2D eigenvalue weighted by atomic mass is 9.77. The zero-order valence-electron chi connectivity index (χ0n) is 19.0. The minimum atomic E-state index is -0.725. The maximum Gasteiger partial charge on any atom is 0.231 e. The molecule has 178 valence electrons. The van der Waals surface area contributed by atoms with Crippen LogP contribution >= 0.6 is 0 Å². The Morgan fingerprint density at radius 3 is 2.91 bits per heavy atom. The van der Waals surface area contributed by atoms with Crippen molar-refractivity contribution in [3.63, 3.8) is 0 Å². The van der Waals surface area contributed by atoms with E-state index in [9.17, 15) is 9.59 Å². The van der Waals surface area contributed by atoms with Gasteiger partial charge in [-0.1, -0.05) is 30.4 Å². The summed E-state index contributed by atoms with van der Waals surface area (Å²) in [6, 6.07) is 13.5. The Kier molecular flexibility index (Phi) is 4.48. The van der Waals surface area contributed by atoms with Crippen LogP contribution in [0.3, 0.4) is 0 Å². The molecule has 0 saturated carbocycles. The number of aromatic amines is 1. The molecule has 2 N–H and O–H groups in total. The standard InChI is InChI=1S/C27H25N3O5/c31-25(29-17-5-6-20-22(13-17)34-12-11-33-20)23-21-7-9-27(35-21)15-30(26(32)24(23)27)10-8-16-14-28-19-4-2-1-3-18(16)19/h1-7,9,13-14,21,23-24,28H,8,10-12,15H2,(H,29,31)/t21-,23-,24+,27-/m1/s1. The van der Waals surface area contributed by atoms with Crippen molar-refractivity contribution in [2.24, 2.45) is 11.8 Å². The average molecular weight is 472 g/mol. The second-order valence-corrected chi connectivity index (χ2v) is 9.62. The number of anilines is 1. The molecule has 5 heterocycles. The number of benzene rings is 2. The van der Waals surface area contributed by atoms with E-state index >= 15 is 0 Å². The first-order valence-electron chi connectivity index (χ1n) is 12.0. The van der Waals surface area contributed by atoms with Crippen LogP contribution in [0.2, 0.25) is 0 Å². The second kappa shape index (κ2) is 7.61. The fraction of sp³-hybridized carbons (Fsp3) is 0.333. The number of likely N-dealkylation sites (tertiary alicyclic amines) is 1. The normalized spacial score (nSPS) is 28.1. The number of amides is 2. The fourth-order valence-electron chi connectivity index (χ4n) is 6.01. The fourth-order valence-corrected chi connectivity index (χ4v) is 6.01. The number of nitrogens with zero attached hydrogens (tertiary/aromatic N) is 1. The number of aromatic nitrogens is 1. The Balaban J connectivity index is 1.09. The number of para-hydroxylation sites is 1. The highest BCUT2D eigenvalue weighted by atomic mass is 16.6. The van der Waals surface area contributed by atoms with Gasteiger partial charge in [0.15, 0.2) is 11.5 Å². The van der Waals surface area contributed by atoms with Crippen molar-refractivity contribution in [1.29, 1.82) is 0 Å². The summed E-state index contributed by atoms with van der Waals surface area (Å²) in [4.78, 5) is 32.1. The van der Waals surface area contributed by atoms with Gasteiger partial charge in [-0.2, -0.15) is 0 Å². The first kappa shape index (κ1) is 20.6. The van der Waals surface area contributed by atoms with E-state index in [-0.39, 0.29) is 11.8 Å². The molecule has 35 heavy (non-hydrogen) atoms. The third kappa shape index (κ3) is 3.16. The van der Waals surface area contributed by atoms with Crippen molar-refractivity contribution in [2.45, 2.75) is 18.1 Å². The van der Waals surface area contributed by atoms with E-state index in [4.69, 9.17) is 14.2 Å². The Morgan fingerprint density at radius 2 is 2.00 bits per heavy atom. The van der Waals surface area contributed by atoms with Gasteiger partial charge < -0.3 is 29.4 Å². The van der Waals surface area contributed by atoms with E-state index in [1.165, 1.54) is 10.9 Å². The van der Waals surface area contributed by atoms with Crippen molar-refractivity contribution in [2.75, 3.05) is 31.6 Å². The SMILES string of the molecule is O=C(Nc1ccc2c(c1)OCCO2)[C@H]1[C@H]2C(=O)N(CCc3c[nH]c4ccccc34)C[C@]23C=C[C@H]1O3. The second-order valence-electron chi connectivity index (χ2n) is 9.62. The lowest BCUT2D eigenvalue weighted by molar-refractivity contribution is -0.135. The molecule has 0 aliphatic carbocycles. The number of carbonyl (C=O) groups excluding carboxylic acids is 2. The molecule has 4 aliphatic heterocycles. The van der Waals surface area contributed by atoms with Crippen LogP contribution < -0.4 is 14.8 Å². The van der Waals surface area contributed by atoms with E-state index in [1.54, 1.807) is 18.2 Å². The number of nitrogens with one attached hydrogen (secondary N) is 2. The van der Waals surface area contributed by atoms with E-state index < -0.39 is 23.5 Å². The molecular weight excluding hydrogens is 446 g/mol. The molecule has 2 bridgehead atoms. The van der Waals surface area contributed by atoms with E-state index in [0.717, 1.165) is 11.9 Å². The average Bonchev–Trinajstić information content (AvgIpc) is 3.62. The molecule has 4 aliphatic rings. The third-order valence-electron chi connectivity index (χ3n) is 7.62. The molecule has 4 atom stereocenters. The molecule has 2 saturated heterocycles. The number of H-pyrrole nitrogens is 1. The number of fused-ring (bicyclic) bond motifs is 3. The first-order valence-corrected chi connectivity index (χ1v) is 12.0. The number of hydrogen-bond acceptors (Lipinski definition) is 5. The van der Waals surface area contributed by atoms with Gasteiger partial charge in [0.1, 0.15) is 18.8 Å². The topological polar surface area (TPSA) is 92.9 Å². The summed E-state index contributed by atoms with van der Waals surface area (Å²) < 4.78 is 17.5. The zero-order chi connectivity index (χ0) is 23.6. The molecule has 7 rings (SSSR count). The molecule has 8 nitrogen and oxygen atoms in total. The van der Waals surface area contributed by atoms with Gasteiger partial charge >= 0.3 is 0 Å². The Morgan fingerprint density at radius 1 is 1.14 bits per heavy atom.